The topological polar surface area (TPSA) is 66.8 Å². The maximum atomic E-state index is 12.8. The van der Waals surface area contributed by atoms with Crippen LogP contribution in [-0.4, -0.2) is 28.4 Å². The maximum absolute atomic E-state index is 12.8. The molecule has 2 aromatic rings. The zero-order valence-corrected chi connectivity index (χ0v) is 15.7. The van der Waals surface area contributed by atoms with Crippen LogP contribution in [0.25, 0.3) is 6.08 Å². The third kappa shape index (κ3) is 3.49. The number of rotatable bonds is 4. The second-order valence-electron chi connectivity index (χ2n) is 5.60. The van der Waals surface area contributed by atoms with E-state index in [2.05, 4.69) is 0 Å². The van der Waals surface area contributed by atoms with E-state index < -0.39 is 5.97 Å². The molecule has 2 aromatic carbocycles. The van der Waals surface area contributed by atoms with Gasteiger partial charge in [0.1, 0.15) is 5.75 Å². The number of amides is 1. The van der Waals surface area contributed by atoms with Gasteiger partial charge < -0.3 is 9.84 Å². The highest BCUT2D eigenvalue weighted by Gasteiger charge is 2.33. The fraction of sp³-hybridized carbons (Fsp3) is 0.105. The number of carbonyl (C=O) groups is 2. The Kier molecular flexibility index (Phi) is 5.11. The molecule has 1 heterocycles. The average Bonchev–Trinajstić information content (AvgIpc) is 2.90. The molecule has 0 radical (unpaired) electrons. The van der Waals surface area contributed by atoms with Crippen molar-refractivity contribution in [3.8, 4) is 5.75 Å². The summed E-state index contributed by atoms with van der Waals surface area (Å²) in [5, 5.41) is 9.14. The van der Waals surface area contributed by atoms with Gasteiger partial charge in [0.15, 0.2) is 4.32 Å². The van der Waals surface area contributed by atoms with Crippen molar-refractivity contribution in [2.45, 2.75) is 6.92 Å². The number of aryl methyl sites for hydroxylation is 1. The van der Waals surface area contributed by atoms with Gasteiger partial charge in [0.05, 0.1) is 23.3 Å². The SMILES string of the molecule is COc1ccc(/C=C2/SC(=S)N(c3cccc(C(=O)O)c3)C2=O)c(C)c1. The van der Waals surface area contributed by atoms with Gasteiger partial charge in [0.25, 0.3) is 5.91 Å². The number of hydrogen-bond donors (Lipinski definition) is 1. The summed E-state index contributed by atoms with van der Waals surface area (Å²) >= 11 is 6.53. The normalized spacial score (nSPS) is 15.6. The lowest BCUT2D eigenvalue weighted by Crippen LogP contribution is -2.27. The van der Waals surface area contributed by atoms with E-state index >= 15 is 0 Å². The summed E-state index contributed by atoms with van der Waals surface area (Å²) in [4.78, 5) is 25.8. The standard InChI is InChI=1S/C19H15NO4S2/c1-11-8-15(24-2)7-6-12(11)10-16-17(21)20(19(25)26-16)14-5-3-4-13(9-14)18(22)23/h3-10H,1-2H3,(H,22,23)/b16-10+. The summed E-state index contributed by atoms with van der Waals surface area (Å²) in [6, 6.07) is 11.8. The second kappa shape index (κ2) is 7.31. The van der Waals surface area contributed by atoms with Crippen LogP contribution in [0.15, 0.2) is 47.4 Å². The van der Waals surface area contributed by atoms with Crippen LogP contribution < -0.4 is 9.64 Å². The number of methoxy groups -OCH3 is 1. The Balaban J connectivity index is 1.94. The fourth-order valence-corrected chi connectivity index (χ4v) is 3.84. The zero-order valence-electron chi connectivity index (χ0n) is 14.1. The first-order chi connectivity index (χ1) is 12.4. The Morgan fingerprint density at radius 1 is 1.27 bits per heavy atom. The lowest BCUT2D eigenvalue weighted by atomic mass is 10.1. The van der Waals surface area contributed by atoms with Gasteiger partial charge in [0.2, 0.25) is 0 Å². The smallest absolute Gasteiger partial charge is 0.335 e. The molecule has 0 saturated carbocycles. The highest BCUT2D eigenvalue weighted by molar-refractivity contribution is 8.27. The molecule has 0 aliphatic carbocycles. The van der Waals surface area contributed by atoms with Gasteiger partial charge in [0, 0.05) is 0 Å². The molecule has 26 heavy (non-hydrogen) atoms. The number of anilines is 1. The van der Waals surface area contributed by atoms with Crippen molar-refractivity contribution in [2.24, 2.45) is 0 Å². The van der Waals surface area contributed by atoms with E-state index in [0.29, 0.717) is 14.9 Å². The van der Waals surface area contributed by atoms with E-state index in [1.54, 1.807) is 25.3 Å². The summed E-state index contributed by atoms with van der Waals surface area (Å²) in [6.45, 7) is 1.94. The van der Waals surface area contributed by atoms with E-state index in [0.717, 1.165) is 16.9 Å². The molecule has 0 atom stereocenters. The molecule has 0 unspecified atom stereocenters. The van der Waals surface area contributed by atoms with Crippen molar-refractivity contribution in [3.63, 3.8) is 0 Å². The molecular weight excluding hydrogens is 370 g/mol. The molecule has 0 bridgehead atoms. The van der Waals surface area contributed by atoms with Crippen LogP contribution in [0.2, 0.25) is 0 Å². The molecule has 0 spiro atoms. The van der Waals surface area contributed by atoms with Crippen LogP contribution in [0.5, 0.6) is 5.75 Å². The van der Waals surface area contributed by atoms with E-state index in [4.69, 9.17) is 22.1 Å². The van der Waals surface area contributed by atoms with Crippen LogP contribution in [-0.2, 0) is 4.79 Å². The van der Waals surface area contributed by atoms with Crippen molar-refractivity contribution >= 4 is 51.9 Å². The molecule has 7 heteroatoms. The number of aromatic carboxylic acids is 1. The molecule has 1 N–H and O–H groups in total. The predicted molar refractivity (Wildman–Crippen MR) is 107 cm³/mol. The molecule has 0 aromatic heterocycles. The second-order valence-corrected chi connectivity index (χ2v) is 7.27. The van der Waals surface area contributed by atoms with Gasteiger partial charge >= 0.3 is 5.97 Å². The van der Waals surface area contributed by atoms with E-state index in [-0.39, 0.29) is 11.5 Å². The number of carboxylic acids is 1. The molecular formula is C19H15NO4S2. The van der Waals surface area contributed by atoms with Gasteiger partial charge in [-0.15, -0.1) is 0 Å². The molecule has 1 fully saturated rings. The highest BCUT2D eigenvalue weighted by Crippen LogP contribution is 2.36. The van der Waals surface area contributed by atoms with Crippen molar-refractivity contribution in [2.75, 3.05) is 12.0 Å². The summed E-state index contributed by atoms with van der Waals surface area (Å²) < 4.78 is 5.56. The summed E-state index contributed by atoms with van der Waals surface area (Å²) in [6.07, 6.45) is 1.79. The predicted octanol–water partition coefficient (Wildman–Crippen LogP) is 4.11. The summed E-state index contributed by atoms with van der Waals surface area (Å²) in [7, 11) is 1.60. The monoisotopic (exact) mass is 385 g/mol. The quantitative estimate of drug-likeness (QED) is 0.631. The van der Waals surface area contributed by atoms with Gasteiger partial charge in [-0.25, -0.2) is 4.79 Å². The van der Waals surface area contributed by atoms with Crippen molar-refractivity contribution < 1.29 is 19.4 Å². The molecule has 1 aliphatic heterocycles. The number of carboxylic acid groups (broad SMARTS) is 1. The first-order valence-corrected chi connectivity index (χ1v) is 8.89. The Hall–Kier alpha value is -2.64. The van der Waals surface area contributed by atoms with E-state index in [1.807, 2.05) is 25.1 Å². The highest BCUT2D eigenvalue weighted by atomic mass is 32.2. The van der Waals surface area contributed by atoms with Gasteiger partial charge in [-0.2, -0.15) is 0 Å². The van der Waals surface area contributed by atoms with E-state index in [1.165, 1.54) is 28.8 Å². The summed E-state index contributed by atoms with van der Waals surface area (Å²) in [5.41, 5.74) is 2.42. The Morgan fingerprint density at radius 3 is 2.69 bits per heavy atom. The molecule has 1 amide bonds. The number of carbonyl (C=O) groups excluding carboxylic acids is 1. The van der Waals surface area contributed by atoms with E-state index in [9.17, 15) is 9.59 Å². The van der Waals surface area contributed by atoms with Crippen LogP contribution in [0.4, 0.5) is 5.69 Å². The fourth-order valence-electron chi connectivity index (χ4n) is 2.55. The number of ether oxygens (including phenoxy) is 1. The number of hydrogen-bond acceptors (Lipinski definition) is 5. The Labute approximate surface area is 160 Å². The first kappa shape index (κ1) is 18.2. The van der Waals surface area contributed by atoms with Crippen LogP contribution in [0.1, 0.15) is 21.5 Å². The van der Waals surface area contributed by atoms with Crippen LogP contribution in [0.3, 0.4) is 0 Å². The van der Waals surface area contributed by atoms with Gasteiger partial charge in [-0.1, -0.05) is 36.1 Å². The Bertz CT molecular complexity index is 952. The van der Waals surface area contributed by atoms with Crippen molar-refractivity contribution in [1.29, 1.82) is 0 Å². The minimum atomic E-state index is -1.05. The molecule has 1 saturated heterocycles. The van der Waals surface area contributed by atoms with Gasteiger partial charge in [-0.3, -0.25) is 9.69 Å². The average molecular weight is 385 g/mol. The lowest BCUT2D eigenvalue weighted by Gasteiger charge is -2.14. The largest absolute Gasteiger partial charge is 0.497 e. The zero-order chi connectivity index (χ0) is 18.8. The van der Waals surface area contributed by atoms with Crippen molar-refractivity contribution in [1.82, 2.24) is 0 Å². The van der Waals surface area contributed by atoms with Crippen LogP contribution >= 0.6 is 24.0 Å². The van der Waals surface area contributed by atoms with Crippen LogP contribution in [0, 0.1) is 6.92 Å². The molecule has 5 nitrogen and oxygen atoms in total. The number of benzene rings is 2. The minimum Gasteiger partial charge on any atom is -0.497 e. The molecule has 3 rings (SSSR count). The number of thioether (sulfide) groups is 1. The third-order valence-corrected chi connectivity index (χ3v) is 5.21. The molecule has 132 valence electrons. The first-order valence-electron chi connectivity index (χ1n) is 7.66. The van der Waals surface area contributed by atoms with Gasteiger partial charge in [-0.05, 0) is 54.5 Å². The minimum absolute atomic E-state index is 0.103. The number of nitrogens with zero attached hydrogens (tertiary/aromatic N) is 1. The Morgan fingerprint density at radius 2 is 2.04 bits per heavy atom. The number of thiocarbonyl (C=S) groups is 1. The maximum Gasteiger partial charge on any atom is 0.335 e. The van der Waals surface area contributed by atoms with Crippen molar-refractivity contribution in [3.05, 3.63) is 64.1 Å². The molecule has 1 aliphatic rings. The lowest BCUT2D eigenvalue weighted by molar-refractivity contribution is -0.113. The summed E-state index contributed by atoms with van der Waals surface area (Å²) in [5.74, 6) is -0.572. The third-order valence-electron chi connectivity index (χ3n) is 3.91.